The number of rotatable bonds is 3. The number of ether oxygens (including phenoxy) is 1. The fourth-order valence-electron chi connectivity index (χ4n) is 1.16. The van der Waals surface area contributed by atoms with Crippen LogP contribution in [-0.2, 0) is 0 Å². The molecule has 1 aromatic heterocycles. The Morgan fingerprint density at radius 2 is 2.14 bits per heavy atom. The number of aromatic nitrogens is 1. The maximum atomic E-state index is 10.5. The Morgan fingerprint density at radius 1 is 1.21 bits per heavy atom. The molecular weight excluding hydrogens is 178 g/mol. The van der Waals surface area contributed by atoms with Crippen LogP contribution in [0.1, 0.15) is 10.4 Å². The number of benzene rings is 1. The lowest BCUT2D eigenvalue weighted by Crippen LogP contribution is -1.85. The van der Waals surface area contributed by atoms with Gasteiger partial charge in [-0.15, -0.1) is 0 Å². The van der Waals surface area contributed by atoms with Crippen LogP contribution in [0.25, 0.3) is 0 Å². The van der Waals surface area contributed by atoms with Crippen molar-refractivity contribution in [1.29, 1.82) is 0 Å². The number of carbonyl (C=O) groups excluding carboxylic acids is 1. The number of aldehydes is 1. The molecule has 0 spiro atoms. The molecule has 2 rings (SSSR count). The first-order valence-corrected chi connectivity index (χ1v) is 4.25. The highest BCUT2D eigenvalue weighted by Gasteiger charge is 1.97. The summed E-state index contributed by atoms with van der Waals surface area (Å²) < 4.78 is 5.45. The van der Waals surface area contributed by atoms with Gasteiger partial charge in [0.15, 0.2) is 5.88 Å². The maximum Gasteiger partial charge on any atom is 0.197 e. The third kappa shape index (κ3) is 1.82. The lowest BCUT2D eigenvalue weighted by atomic mass is 10.2. The van der Waals surface area contributed by atoms with Crippen LogP contribution in [0.2, 0.25) is 0 Å². The van der Waals surface area contributed by atoms with Crippen LogP contribution in [0.3, 0.4) is 0 Å². The number of hydrogen-bond donors (Lipinski definition) is 1. The number of aromatic amines is 1. The van der Waals surface area contributed by atoms with Gasteiger partial charge in [0.2, 0.25) is 0 Å². The predicted octanol–water partition coefficient (Wildman–Crippen LogP) is 2.62. The molecule has 1 N–H and O–H groups in total. The van der Waals surface area contributed by atoms with Gasteiger partial charge in [-0.3, -0.25) is 4.79 Å². The second-order valence-corrected chi connectivity index (χ2v) is 2.83. The molecule has 0 amide bonds. The average molecular weight is 187 g/mol. The van der Waals surface area contributed by atoms with Crippen LogP contribution in [0.5, 0.6) is 11.6 Å². The topological polar surface area (TPSA) is 42.1 Å². The number of H-pyrrole nitrogens is 1. The Labute approximate surface area is 81.3 Å². The van der Waals surface area contributed by atoms with Crippen molar-refractivity contribution in [3.63, 3.8) is 0 Å². The van der Waals surface area contributed by atoms with Gasteiger partial charge in [0, 0.05) is 17.8 Å². The molecule has 0 saturated carbocycles. The summed E-state index contributed by atoms with van der Waals surface area (Å²) in [4.78, 5) is 13.4. The molecule has 0 aliphatic carbocycles. The van der Waals surface area contributed by atoms with Crippen molar-refractivity contribution in [3.8, 4) is 11.6 Å². The number of hydrogen-bond acceptors (Lipinski definition) is 2. The van der Waals surface area contributed by atoms with E-state index in [0.717, 1.165) is 6.29 Å². The number of nitrogens with one attached hydrogen (secondary N) is 1. The highest BCUT2D eigenvalue weighted by atomic mass is 16.5. The van der Waals surface area contributed by atoms with E-state index < -0.39 is 0 Å². The third-order valence-electron chi connectivity index (χ3n) is 1.79. The van der Waals surface area contributed by atoms with Gasteiger partial charge in [-0.1, -0.05) is 12.1 Å². The van der Waals surface area contributed by atoms with E-state index in [2.05, 4.69) is 4.98 Å². The van der Waals surface area contributed by atoms with Crippen LogP contribution in [0, 0.1) is 0 Å². The Morgan fingerprint density at radius 3 is 2.86 bits per heavy atom. The first kappa shape index (κ1) is 8.56. The molecule has 70 valence electrons. The van der Waals surface area contributed by atoms with Crippen molar-refractivity contribution in [2.75, 3.05) is 0 Å². The van der Waals surface area contributed by atoms with E-state index in [-0.39, 0.29) is 0 Å². The molecule has 0 aliphatic heterocycles. The van der Waals surface area contributed by atoms with Crippen molar-refractivity contribution >= 4 is 6.29 Å². The highest BCUT2D eigenvalue weighted by Crippen LogP contribution is 2.19. The van der Waals surface area contributed by atoms with Crippen LogP contribution in [-0.4, -0.2) is 11.3 Å². The molecule has 0 unspecified atom stereocenters. The van der Waals surface area contributed by atoms with Crippen molar-refractivity contribution < 1.29 is 9.53 Å². The lowest BCUT2D eigenvalue weighted by molar-refractivity contribution is 0.112. The first-order chi connectivity index (χ1) is 6.88. The van der Waals surface area contributed by atoms with Crippen molar-refractivity contribution in [2.24, 2.45) is 0 Å². The molecule has 0 radical (unpaired) electrons. The van der Waals surface area contributed by atoms with E-state index in [1.165, 1.54) is 0 Å². The van der Waals surface area contributed by atoms with Gasteiger partial charge in [0.1, 0.15) is 12.0 Å². The van der Waals surface area contributed by atoms with Crippen LogP contribution < -0.4 is 4.74 Å². The standard InChI is InChI=1S/C11H9NO2/c13-8-9-3-1-4-10(7-9)14-11-5-2-6-12-11/h1-8,12H. The Bertz CT molecular complexity index is 421. The molecule has 14 heavy (non-hydrogen) atoms. The Kier molecular flexibility index (Phi) is 2.32. The molecule has 0 saturated heterocycles. The normalized spacial score (nSPS) is 9.71. The molecule has 0 bridgehead atoms. The quantitative estimate of drug-likeness (QED) is 0.750. The van der Waals surface area contributed by atoms with Crippen LogP contribution >= 0.6 is 0 Å². The second-order valence-electron chi connectivity index (χ2n) is 2.83. The van der Waals surface area contributed by atoms with Crippen molar-refractivity contribution in [1.82, 2.24) is 4.98 Å². The third-order valence-corrected chi connectivity index (χ3v) is 1.79. The molecule has 3 nitrogen and oxygen atoms in total. The van der Waals surface area contributed by atoms with Crippen molar-refractivity contribution in [3.05, 3.63) is 48.2 Å². The summed E-state index contributed by atoms with van der Waals surface area (Å²) in [6.07, 6.45) is 2.57. The average Bonchev–Trinajstić information content (AvgIpc) is 2.71. The summed E-state index contributed by atoms with van der Waals surface area (Å²) in [6, 6.07) is 10.7. The van der Waals surface area contributed by atoms with E-state index in [1.54, 1.807) is 30.5 Å². The minimum Gasteiger partial charge on any atom is -0.441 e. The fraction of sp³-hybridized carbons (Fsp3) is 0. The Balaban J connectivity index is 2.21. The summed E-state index contributed by atoms with van der Waals surface area (Å²) in [5.74, 6) is 1.31. The van der Waals surface area contributed by atoms with Gasteiger partial charge in [0.05, 0.1) is 0 Å². The molecule has 0 fully saturated rings. The van der Waals surface area contributed by atoms with E-state index in [9.17, 15) is 4.79 Å². The minimum atomic E-state index is 0.606. The fourth-order valence-corrected chi connectivity index (χ4v) is 1.16. The summed E-state index contributed by atoms with van der Waals surface area (Å²) >= 11 is 0. The zero-order chi connectivity index (χ0) is 9.80. The molecule has 2 aromatic rings. The van der Waals surface area contributed by atoms with E-state index in [0.29, 0.717) is 17.2 Å². The predicted molar refractivity (Wildman–Crippen MR) is 52.7 cm³/mol. The van der Waals surface area contributed by atoms with Crippen LogP contribution in [0.4, 0.5) is 0 Å². The summed E-state index contributed by atoms with van der Waals surface area (Å²) in [5.41, 5.74) is 0.606. The summed E-state index contributed by atoms with van der Waals surface area (Å²) in [6.45, 7) is 0. The van der Waals surface area contributed by atoms with E-state index >= 15 is 0 Å². The summed E-state index contributed by atoms with van der Waals surface area (Å²) in [5, 5.41) is 0. The molecule has 1 aromatic carbocycles. The lowest BCUT2D eigenvalue weighted by Gasteiger charge is -2.02. The second kappa shape index (κ2) is 3.79. The van der Waals surface area contributed by atoms with Gasteiger partial charge in [-0.05, 0) is 18.2 Å². The van der Waals surface area contributed by atoms with Gasteiger partial charge >= 0.3 is 0 Å². The monoisotopic (exact) mass is 187 g/mol. The molecular formula is C11H9NO2. The van der Waals surface area contributed by atoms with Gasteiger partial charge < -0.3 is 9.72 Å². The van der Waals surface area contributed by atoms with Crippen molar-refractivity contribution in [2.45, 2.75) is 0 Å². The zero-order valence-electron chi connectivity index (χ0n) is 7.44. The van der Waals surface area contributed by atoms with E-state index in [4.69, 9.17) is 4.74 Å². The highest BCUT2D eigenvalue weighted by molar-refractivity contribution is 5.75. The van der Waals surface area contributed by atoms with Gasteiger partial charge in [0.25, 0.3) is 0 Å². The zero-order valence-corrected chi connectivity index (χ0v) is 7.44. The maximum absolute atomic E-state index is 10.5. The minimum absolute atomic E-state index is 0.606. The largest absolute Gasteiger partial charge is 0.441 e. The van der Waals surface area contributed by atoms with Gasteiger partial charge in [-0.25, -0.2) is 0 Å². The van der Waals surface area contributed by atoms with E-state index in [1.807, 2.05) is 12.1 Å². The molecule has 0 aliphatic rings. The van der Waals surface area contributed by atoms with Gasteiger partial charge in [-0.2, -0.15) is 0 Å². The number of carbonyl (C=O) groups is 1. The SMILES string of the molecule is O=Cc1cccc(Oc2ccc[nH]2)c1. The molecule has 0 atom stereocenters. The van der Waals surface area contributed by atoms with Crippen LogP contribution in [0.15, 0.2) is 42.6 Å². The molecule has 3 heteroatoms. The molecule has 1 heterocycles. The summed E-state index contributed by atoms with van der Waals surface area (Å²) in [7, 11) is 0. The smallest absolute Gasteiger partial charge is 0.197 e. The first-order valence-electron chi connectivity index (χ1n) is 4.25. The Hall–Kier alpha value is -2.03.